The van der Waals surface area contributed by atoms with E-state index in [1.165, 1.54) is 0 Å². The van der Waals surface area contributed by atoms with E-state index < -0.39 is 22.4 Å². The number of halogens is 2. The monoisotopic (exact) mass is 318 g/mol. The summed E-state index contributed by atoms with van der Waals surface area (Å²) in [6, 6.07) is 2.01. The third-order valence-electron chi connectivity index (χ3n) is 2.01. The normalized spacial score (nSPS) is 9.80. The van der Waals surface area contributed by atoms with Crippen molar-refractivity contribution < 1.29 is 28.7 Å². The maximum Gasteiger partial charge on any atom is 0.308 e. The number of hydrogen-bond donors (Lipinski definition) is 0. The lowest BCUT2D eigenvalue weighted by Crippen LogP contribution is -2.10. The molecule has 1 rings (SSSR count). The molecule has 106 valence electrons. The van der Waals surface area contributed by atoms with Gasteiger partial charge < -0.3 is 9.47 Å². The number of ether oxygens (including phenoxy) is 2. The molecule has 8 heteroatoms. The average Bonchev–Trinajstić information content (AvgIpc) is 2.28. The molecule has 0 atom stereocenters. The van der Waals surface area contributed by atoms with Gasteiger partial charge in [-0.05, 0) is 35.3 Å². The van der Waals surface area contributed by atoms with E-state index in [9.17, 15) is 19.2 Å². The number of hydrogen-bond acceptors (Lipinski definition) is 6. The Kier molecular flexibility index (Phi) is 5.24. The Labute approximate surface area is 123 Å². The Morgan fingerprint density at radius 2 is 1.10 bits per heavy atom. The molecule has 0 unspecified atom stereocenters. The molecule has 0 aromatic heterocycles. The van der Waals surface area contributed by atoms with Gasteiger partial charge >= 0.3 is 11.9 Å². The third kappa shape index (κ3) is 4.04. The van der Waals surface area contributed by atoms with Crippen molar-refractivity contribution >= 4 is 45.6 Å². The SMILES string of the molecule is CC(=O)Oc1cc(C(=O)Cl)c(OC(C)=O)cc1C(=O)Cl. The molecule has 0 bridgehead atoms. The van der Waals surface area contributed by atoms with E-state index in [0.717, 1.165) is 26.0 Å². The van der Waals surface area contributed by atoms with E-state index in [1.807, 2.05) is 0 Å². The maximum absolute atomic E-state index is 11.3. The zero-order valence-corrected chi connectivity index (χ0v) is 11.9. The summed E-state index contributed by atoms with van der Waals surface area (Å²) in [6.07, 6.45) is 0. The summed E-state index contributed by atoms with van der Waals surface area (Å²) < 4.78 is 9.52. The first-order chi connectivity index (χ1) is 9.22. The highest BCUT2D eigenvalue weighted by molar-refractivity contribution is 6.69. The molecule has 0 spiro atoms. The lowest BCUT2D eigenvalue weighted by Gasteiger charge is -2.11. The van der Waals surface area contributed by atoms with Crippen molar-refractivity contribution in [1.82, 2.24) is 0 Å². The summed E-state index contributed by atoms with van der Waals surface area (Å²) in [6.45, 7) is 2.20. The van der Waals surface area contributed by atoms with Gasteiger partial charge in [0.1, 0.15) is 11.5 Å². The quantitative estimate of drug-likeness (QED) is 0.481. The molecule has 0 aliphatic heterocycles. The van der Waals surface area contributed by atoms with Crippen LogP contribution in [-0.2, 0) is 9.59 Å². The summed E-state index contributed by atoms with van der Waals surface area (Å²) >= 11 is 10.7. The van der Waals surface area contributed by atoms with E-state index >= 15 is 0 Å². The van der Waals surface area contributed by atoms with Crippen molar-refractivity contribution in [3.8, 4) is 11.5 Å². The first kappa shape index (κ1) is 16.1. The predicted octanol–water partition coefficient (Wildman–Crippen LogP) is 2.30. The summed E-state index contributed by atoms with van der Waals surface area (Å²) in [4.78, 5) is 44.5. The van der Waals surface area contributed by atoms with Crippen LogP contribution in [0.3, 0.4) is 0 Å². The molecule has 0 N–H and O–H groups in total. The molecule has 0 fully saturated rings. The van der Waals surface area contributed by atoms with E-state index in [2.05, 4.69) is 0 Å². The van der Waals surface area contributed by atoms with Crippen LogP contribution in [0.5, 0.6) is 11.5 Å². The van der Waals surface area contributed by atoms with Crippen molar-refractivity contribution in [2.45, 2.75) is 13.8 Å². The molecule has 1 aromatic rings. The second-order valence-electron chi connectivity index (χ2n) is 3.58. The molecule has 0 aliphatic carbocycles. The van der Waals surface area contributed by atoms with Crippen LogP contribution in [-0.4, -0.2) is 22.4 Å². The average molecular weight is 319 g/mol. The number of benzene rings is 1. The summed E-state index contributed by atoms with van der Waals surface area (Å²) in [5, 5.41) is -1.91. The number of carbonyl (C=O) groups excluding carboxylic acids is 4. The van der Waals surface area contributed by atoms with Crippen molar-refractivity contribution in [2.24, 2.45) is 0 Å². The Hall–Kier alpha value is -1.92. The molecular weight excluding hydrogens is 311 g/mol. The highest BCUT2D eigenvalue weighted by Crippen LogP contribution is 2.31. The van der Waals surface area contributed by atoms with Crippen LogP contribution in [0.2, 0.25) is 0 Å². The minimum absolute atomic E-state index is 0.236. The van der Waals surface area contributed by atoms with Gasteiger partial charge in [0.2, 0.25) is 0 Å². The van der Waals surface area contributed by atoms with Crippen molar-refractivity contribution in [3.63, 3.8) is 0 Å². The fourth-order valence-electron chi connectivity index (χ4n) is 1.35. The standard InChI is InChI=1S/C12H8Cl2O6/c1-5(15)19-9-3-8(12(14)18)10(20-6(2)16)4-7(9)11(13)17/h3-4H,1-2H3. The molecule has 0 radical (unpaired) electrons. The second kappa shape index (κ2) is 6.49. The zero-order valence-electron chi connectivity index (χ0n) is 10.4. The van der Waals surface area contributed by atoms with E-state index in [0.29, 0.717) is 0 Å². The minimum Gasteiger partial charge on any atom is -0.426 e. The van der Waals surface area contributed by atoms with Crippen LogP contribution in [0.1, 0.15) is 34.6 Å². The summed E-state index contributed by atoms with van der Waals surface area (Å²) in [5.74, 6) is -1.95. The Balaban J connectivity index is 3.50. The molecule has 0 aliphatic rings. The predicted molar refractivity (Wildman–Crippen MR) is 69.4 cm³/mol. The molecule has 1 aromatic carbocycles. The summed E-state index contributed by atoms with van der Waals surface area (Å²) in [7, 11) is 0. The van der Waals surface area contributed by atoms with Gasteiger partial charge in [-0.25, -0.2) is 0 Å². The summed E-state index contributed by atoms with van der Waals surface area (Å²) in [5.41, 5.74) is -0.473. The fraction of sp³-hybridized carbons (Fsp3) is 0.167. The first-order valence-electron chi connectivity index (χ1n) is 5.17. The number of rotatable bonds is 4. The van der Waals surface area contributed by atoms with E-state index in [4.69, 9.17) is 32.7 Å². The third-order valence-corrected chi connectivity index (χ3v) is 2.42. The first-order valence-corrected chi connectivity index (χ1v) is 5.92. The van der Waals surface area contributed by atoms with Gasteiger partial charge in [0.05, 0.1) is 11.1 Å². The van der Waals surface area contributed by atoms with Crippen molar-refractivity contribution in [2.75, 3.05) is 0 Å². The van der Waals surface area contributed by atoms with Gasteiger partial charge in [-0.15, -0.1) is 0 Å². The van der Waals surface area contributed by atoms with Gasteiger partial charge in [0, 0.05) is 13.8 Å². The van der Waals surface area contributed by atoms with Gasteiger partial charge in [0.25, 0.3) is 10.5 Å². The van der Waals surface area contributed by atoms with Crippen molar-refractivity contribution in [3.05, 3.63) is 23.3 Å². The zero-order chi connectivity index (χ0) is 15.4. The van der Waals surface area contributed by atoms with Gasteiger partial charge in [-0.1, -0.05) is 0 Å². The van der Waals surface area contributed by atoms with Gasteiger partial charge in [-0.3, -0.25) is 19.2 Å². The topological polar surface area (TPSA) is 86.7 Å². The Morgan fingerprint density at radius 1 is 0.800 bits per heavy atom. The van der Waals surface area contributed by atoms with Crippen molar-refractivity contribution in [1.29, 1.82) is 0 Å². The second-order valence-corrected chi connectivity index (χ2v) is 4.27. The van der Waals surface area contributed by atoms with Crippen LogP contribution in [0.4, 0.5) is 0 Å². The number of esters is 2. The highest BCUT2D eigenvalue weighted by Gasteiger charge is 2.21. The molecule has 0 saturated carbocycles. The highest BCUT2D eigenvalue weighted by atomic mass is 35.5. The Morgan fingerprint density at radius 3 is 1.30 bits per heavy atom. The van der Waals surface area contributed by atoms with Crippen LogP contribution >= 0.6 is 23.2 Å². The maximum atomic E-state index is 11.3. The minimum atomic E-state index is -0.955. The molecule has 0 amide bonds. The largest absolute Gasteiger partial charge is 0.426 e. The van der Waals surface area contributed by atoms with Gasteiger partial charge in [0.15, 0.2) is 0 Å². The molecule has 20 heavy (non-hydrogen) atoms. The fourth-order valence-corrected chi connectivity index (χ4v) is 1.64. The molecule has 0 saturated heterocycles. The smallest absolute Gasteiger partial charge is 0.308 e. The van der Waals surface area contributed by atoms with E-state index in [1.54, 1.807) is 0 Å². The van der Waals surface area contributed by atoms with Crippen LogP contribution in [0.15, 0.2) is 12.1 Å². The molecule has 0 heterocycles. The van der Waals surface area contributed by atoms with Crippen LogP contribution in [0, 0.1) is 0 Å². The van der Waals surface area contributed by atoms with Crippen LogP contribution in [0.25, 0.3) is 0 Å². The van der Waals surface area contributed by atoms with Crippen LogP contribution < -0.4 is 9.47 Å². The lowest BCUT2D eigenvalue weighted by atomic mass is 10.1. The Bertz CT molecular complexity index is 554. The number of carbonyl (C=O) groups is 4. The lowest BCUT2D eigenvalue weighted by molar-refractivity contribution is -0.133. The molecular formula is C12H8Cl2O6. The molecule has 6 nitrogen and oxygen atoms in total. The van der Waals surface area contributed by atoms with Gasteiger partial charge in [-0.2, -0.15) is 0 Å². The van der Waals surface area contributed by atoms with E-state index in [-0.39, 0.29) is 22.6 Å².